The number of carbonyl (C=O) groups excluding carboxylic acids is 1. The van der Waals surface area contributed by atoms with Crippen molar-refractivity contribution in [2.75, 3.05) is 13.1 Å². The van der Waals surface area contributed by atoms with Gasteiger partial charge in [0.05, 0.1) is 5.56 Å². The number of hydrogen-bond acceptors (Lipinski definition) is 2. The number of carbonyl (C=O) groups is 1. The Kier molecular flexibility index (Phi) is 4.91. The summed E-state index contributed by atoms with van der Waals surface area (Å²) in [4.78, 5) is 11.6. The van der Waals surface area contributed by atoms with Gasteiger partial charge in [-0.25, -0.2) is 4.39 Å². The highest BCUT2D eigenvalue weighted by atomic mass is 79.9. The highest BCUT2D eigenvalue weighted by molar-refractivity contribution is 9.10. The maximum atomic E-state index is 13.3. The summed E-state index contributed by atoms with van der Waals surface area (Å²) in [6, 6.07) is 4.39. The summed E-state index contributed by atoms with van der Waals surface area (Å²) in [6.45, 7) is 3.36. The van der Waals surface area contributed by atoms with Crippen LogP contribution in [0.3, 0.4) is 0 Å². The normalized spacial score (nSPS) is 10.3. The van der Waals surface area contributed by atoms with Gasteiger partial charge in [-0.2, -0.15) is 0 Å². The van der Waals surface area contributed by atoms with E-state index in [9.17, 15) is 9.18 Å². The summed E-state index contributed by atoms with van der Waals surface area (Å²) in [7, 11) is 0. The Bertz CT molecular complexity index is 354. The van der Waals surface area contributed by atoms with Crippen molar-refractivity contribution in [1.82, 2.24) is 5.32 Å². The molecule has 82 valence electrons. The number of nitrogens with one attached hydrogen (secondary N) is 1. The summed E-state index contributed by atoms with van der Waals surface area (Å²) >= 11 is 3.21. The molecule has 0 radical (unpaired) electrons. The van der Waals surface area contributed by atoms with E-state index in [2.05, 4.69) is 21.2 Å². The molecule has 0 unspecified atom stereocenters. The van der Waals surface area contributed by atoms with Crippen LogP contribution in [0.2, 0.25) is 0 Å². The van der Waals surface area contributed by atoms with Crippen LogP contribution in [0.25, 0.3) is 0 Å². The number of hydrogen-bond donors (Lipinski definition) is 1. The van der Waals surface area contributed by atoms with Crippen LogP contribution in [-0.2, 0) is 0 Å². The lowest BCUT2D eigenvalue weighted by atomic mass is 10.1. The highest BCUT2D eigenvalue weighted by Gasteiger charge is 2.11. The Labute approximate surface area is 97.0 Å². The third kappa shape index (κ3) is 3.72. The predicted octanol–water partition coefficient (Wildman–Crippen LogP) is 2.77. The van der Waals surface area contributed by atoms with Crippen LogP contribution in [0.5, 0.6) is 0 Å². The number of ketones is 1. The SMILES string of the molecule is CCNCCC(=O)c1cc(Br)ccc1F. The standard InChI is InChI=1S/C11H13BrFNO/c1-2-14-6-5-11(15)9-7-8(12)3-4-10(9)13/h3-4,7,14H,2,5-6H2,1H3. The molecule has 4 heteroatoms. The summed E-state index contributed by atoms with van der Waals surface area (Å²) in [5.74, 6) is -0.630. The van der Waals surface area contributed by atoms with Crippen molar-refractivity contribution in [1.29, 1.82) is 0 Å². The molecule has 1 N–H and O–H groups in total. The number of rotatable bonds is 5. The van der Waals surface area contributed by atoms with Crippen LogP contribution in [0.15, 0.2) is 22.7 Å². The maximum Gasteiger partial charge on any atom is 0.167 e. The molecule has 15 heavy (non-hydrogen) atoms. The van der Waals surface area contributed by atoms with E-state index in [0.29, 0.717) is 13.0 Å². The molecule has 2 nitrogen and oxygen atoms in total. The third-order valence-corrected chi connectivity index (χ3v) is 2.50. The van der Waals surface area contributed by atoms with Crippen LogP contribution in [0.4, 0.5) is 4.39 Å². The lowest BCUT2D eigenvalue weighted by molar-refractivity contribution is 0.0979. The molecule has 0 saturated heterocycles. The first-order chi connectivity index (χ1) is 7.15. The van der Waals surface area contributed by atoms with Crippen molar-refractivity contribution in [3.05, 3.63) is 34.1 Å². The molecule has 0 heterocycles. The Morgan fingerprint density at radius 2 is 2.27 bits per heavy atom. The first kappa shape index (κ1) is 12.3. The fourth-order valence-corrected chi connectivity index (χ4v) is 1.59. The molecule has 0 saturated carbocycles. The first-order valence-corrected chi connectivity index (χ1v) is 5.63. The van der Waals surface area contributed by atoms with Gasteiger partial charge in [-0.3, -0.25) is 4.79 Å². The molecule has 0 spiro atoms. The van der Waals surface area contributed by atoms with E-state index < -0.39 is 5.82 Å². The zero-order valence-corrected chi connectivity index (χ0v) is 10.1. The molecule has 0 bridgehead atoms. The summed E-state index contributed by atoms with van der Waals surface area (Å²) < 4.78 is 14.0. The van der Waals surface area contributed by atoms with E-state index in [1.807, 2.05) is 6.92 Å². The Hall–Kier alpha value is -0.740. The van der Waals surface area contributed by atoms with Gasteiger partial charge in [0.25, 0.3) is 0 Å². The second kappa shape index (κ2) is 5.98. The van der Waals surface area contributed by atoms with E-state index >= 15 is 0 Å². The molecule has 0 atom stereocenters. The fraction of sp³-hybridized carbons (Fsp3) is 0.364. The van der Waals surface area contributed by atoms with Crippen molar-refractivity contribution < 1.29 is 9.18 Å². The zero-order valence-electron chi connectivity index (χ0n) is 8.52. The predicted molar refractivity (Wildman–Crippen MR) is 61.6 cm³/mol. The van der Waals surface area contributed by atoms with Gasteiger partial charge in [0, 0.05) is 17.4 Å². The van der Waals surface area contributed by atoms with Crippen LogP contribution in [-0.4, -0.2) is 18.9 Å². The van der Waals surface area contributed by atoms with Crippen molar-refractivity contribution in [2.24, 2.45) is 0 Å². The highest BCUT2D eigenvalue weighted by Crippen LogP contribution is 2.16. The summed E-state index contributed by atoms with van der Waals surface area (Å²) in [5.41, 5.74) is 0.155. The molecule has 0 aliphatic heterocycles. The number of Topliss-reactive ketones (excluding diaryl/α,β-unsaturated/α-hetero) is 1. The van der Waals surface area contributed by atoms with Gasteiger partial charge < -0.3 is 5.32 Å². The van der Waals surface area contributed by atoms with Crippen molar-refractivity contribution in [2.45, 2.75) is 13.3 Å². The molecule has 0 aliphatic rings. The number of halogens is 2. The van der Waals surface area contributed by atoms with Gasteiger partial charge in [0.2, 0.25) is 0 Å². The van der Waals surface area contributed by atoms with Gasteiger partial charge in [-0.05, 0) is 24.7 Å². The molecule has 0 aromatic heterocycles. The average molecular weight is 274 g/mol. The Balaban J connectivity index is 2.68. The molecular weight excluding hydrogens is 261 g/mol. The molecular formula is C11H13BrFNO. The first-order valence-electron chi connectivity index (χ1n) is 4.84. The van der Waals surface area contributed by atoms with E-state index in [1.165, 1.54) is 12.1 Å². The van der Waals surface area contributed by atoms with Crippen molar-refractivity contribution >= 4 is 21.7 Å². The van der Waals surface area contributed by atoms with Crippen LogP contribution >= 0.6 is 15.9 Å². The molecule has 1 rings (SSSR count). The zero-order chi connectivity index (χ0) is 11.3. The van der Waals surface area contributed by atoms with Crippen LogP contribution < -0.4 is 5.32 Å². The molecule has 1 aromatic carbocycles. The van der Waals surface area contributed by atoms with Gasteiger partial charge in [-0.15, -0.1) is 0 Å². The Morgan fingerprint density at radius 1 is 1.53 bits per heavy atom. The molecule has 1 aromatic rings. The fourth-order valence-electron chi connectivity index (χ4n) is 1.22. The van der Waals surface area contributed by atoms with E-state index in [0.717, 1.165) is 11.0 Å². The van der Waals surface area contributed by atoms with E-state index in [-0.39, 0.29) is 11.3 Å². The monoisotopic (exact) mass is 273 g/mol. The third-order valence-electron chi connectivity index (χ3n) is 2.01. The van der Waals surface area contributed by atoms with Gasteiger partial charge in [0.1, 0.15) is 5.82 Å². The average Bonchev–Trinajstić information content (AvgIpc) is 2.22. The minimum Gasteiger partial charge on any atom is -0.317 e. The van der Waals surface area contributed by atoms with Gasteiger partial charge in [-0.1, -0.05) is 22.9 Å². The van der Waals surface area contributed by atoms with E-state index in [4.69, 9.17) is 0 Å². The topological polar surface area (TPSA) is 29.1 Å². The van der Waals surface area contributed by atoms with Crippen molar-refractivity contribution in [3.8, 4) is 0 Å². The summed E-state index contributed by atoms with van der Waals surface area (Å²) in [5, 5.41) is 3.03. The second-order valence-electron chi connectivity index (χ2n) is 3.15. The lowest BCUT2D eigenvalue weighted by Crippen LogP contribution is -2.18. The van der Waals surface area contributed by atoms with Gasteiger partial charge in [0.15, 0.2) is 5.78 Å². The lowest BCUT2D eigenvalue weighted by Gasteiger charge is -2.03. The smallest absolute Gasteiger partial charge is 0.167 e. The second-order valence-corrected chi connectivity index (χ2v) is 4.07. The Morgan fingerprint density at radius 3 is 2.93 bits per heavy atom. The molecule has 0 aliphatic carbocycles. The largest absolute Gasteiger partial charge is 0.317 e. The maximum absolute atomic E-state index is 13.3. The minimum atomic E-state index is -0.459. The van der Waals surface area contributed by atoms with Gasteiger partial charge >= 0.3 is 0 Å². The quantitative estimate of drug-likeness (QED) is 0.660. The van der Waals surface area contributed by atoms with Crippen molar-refractivity contribution in [3.63, 3.8) is 0 Å². The minimum absolute atomic E-state index is 0.155. The van der Waals surface area contributed by atoms with E-state index in [1.54, 1.807) is 6.07 Å². The molecule has 0 fully saturated rings. The number of benzene rings is 1. The van der Waals surface area contributed by atoms with Crippen LogP contribution in [0.1, 0.15) is 23.7 Å². The summed E-state index contributed by atoms with van der Waals surface area (Å²) in [6.07, 6.45) is 0.321. The molecule has 0 amide bonds. The van der Waals surface area contributed by atoms with Crippen LogP contribution in [0, 0.1) is 5.82 Å².